The maximum atomic E-state index is 4.07. The first-order valence-electron chi connectivity index (χ1n) is 4.85. The van der Waals surface area contributed by atoms with Gasteiger partial charge in [-0.15, -0.1) is 0 Å². The Morgan fingerprint density at radius 1 is 1.25 bits per heavy atom. The summed E-state index contributed by atoms with van der Waals surface area (Å²) in [6.07, 6.45) is 2.38. The van der Waals surface area contributed by atoms with Crippen LogP contribution in [0.1, 0.15) is 40.5 Å². The van der Waals surface area contributed by atoms with Crippen molar-refractivity contribution in [2.24, 2.45) is 5.92 Å². The first-order valence-corrected chi connectivity index (χ1v) is 4.85. The summed E-state index contributed by atoms with van der Waals surface area (Å²) in [4.78, 5) is 2.25. The second-order valence-corrected chi connectivity index (χ2v) is 4.20. The lowest BCUT2D eigenvalue weighted by atomic mass is 10.1. The Balaban J connectivity index is 3.72. The van der Waals surface area contributed by atoms with Gasteiger partial charge in [0.1, 0.15) is 0 Å². The average Bonchev–Trinajstić information content (AvgIpc) is 1.98. The third-order valence-corrected chi connectivity index (χ3v) is 2.28. The molecule has 0 saturated heterocycles. The molecular weight excluding hydrogens is 146 g/mol. The molecule has 0 N–H and O–H groups in total. The predicted octanol–water partition coefficient (Wildman–Crippen LogP) is 3.28. The lowest BCUT2D eigenvalue weighted by Crippen LogP contribution is -2.25. The van der Waals surface area contributed by atoms with Crippen molar-refractivity contribution >= 4 is 0 Å². The average molecular weight is 169 g/mol. The summed E-state index contributed by atoms with van der Waals surface area (Å²) in [6, 6.07) is 0.574. The molecule has 1 nitrogen and oxygen atoms in total. The van der Waals surface area contributed by atoms with E-state index in [-0.39, 0.29) is 0 Å². The molecule has 0 aromatic rings. The second kappa shape index (κ2) is 5.23. The molecule has 1 heteroatoms. The van der Waals surface area contributed by atoms with E-state index in [0.717, 1.165) is 12.3 Å². The summed E-state index contributed by atoms with van der Waals surface area (Å²) in [7, 11) is 2.12. The van der Waals surface area contributed by atoms with Crippen LogP contribution in [0.2, 0.25) is 0 Å². The smallest absolute Gasteiger partial charge is 0.0226 e. The molecule has 72 valence electrons. The van der Waals surface area contributed by atoms with Crippen LogP contribution in [0.25, 0.3) is 0 Å². The largest absolute Gasteiger partial charge is 0.376 e. The second-order valence-electron chi connectivity index (χ2n) is 4.20. The Kier molecular flexibility index (Phi) is 5.03. The quantitative estimate of drug-likeness (QED) is 0.610. The summed E-state index contributed by atoms with van der Waals surface area (Å²) in [6.45, 7) is 13.0. The van der Waals surface area contributed by atoms with Crippen molar-refractivity contribution in [2.75, 3.05) is 7.05 Å². The van der Waals surface area contributed by atoms with Gasteiger partial charge in [-0.1, -0.05) is 20.4 Å². The molecule has 0 rings (SSSR count). The SMILES string of the molecule is C=C(CCC(C)C)N(C)C(C)C. The first-order chi connectivity index (χ1) is 5.45. The Bertz CT molecular complexity index is 136. The lowest BCUT2D eigenvalue weighted by Gasteiger charge is -2.26. The lowest BCUT2D eigenvalue weighted by molar-refractivity contribution is 0.327. The van der Waals surface area contributed by atoms with E-state index in [1.807, 2.05) is 0 Å². The van der Waals surface area contributed by atoms with E-state index in [1.54, 1.807) is 0 Å². The van der Waals surface area contributed by atoms with Gasteiger partial charge in [-0.25, -0.2) is 0 Å². The number of allylic oxidation sites excluding steroid dienone is 1. The molecule has 0 aliphatic carbocycles. The highest BCUT2D eigenvalue weighted by atomic mass is 15.1. The van der Waals surface area contributed by atoms with E-state index in [9.17, 15) is 0 Å². The maximum Gasteiger partial charge on any atom is 0.0226 e. The van der Waals surface area contributed by atoms with Gasteiger partial charge in [-0.05, 0) is 32.6 Å². The highest BCUT2D eigenvalue weighted by molar-refractivity contribution is 4.93. The van der Waals surface area contributed by atoms with Gasteiger partial charge >= 0.3 is 0 Å². The summed E-state index contributed by atoms with van der Waals surface area (Å²) in [5, 5.41) is 0. The highest BCUT2D eigenvalue weighted by Crippen LogP contribution is 2.14. The molecule has 0 spiro atoms. The summed E-state index contributed by atoms with van der Waals surface area (Å²) in [5.41, 5.74) is 1.26. The van der Waals surface area contributed by atoms with Crippen LogP contribution in [0.5, 0.6) is 0 Å². The van der Waals surface area contributed by atoms with E-state index < -0.39 is 0 Å². The Morgan fingerprint density at radius 2 is 1.75 bits per heavy atom. The Hall–Kier alpha value is -0.460. The first kappa shape index (κ1) is 11.5. The fourth-order valence-electron chi connectivity index (χ4n) is 0.997. The van der Waals surface area contributed by atoms with Crippen molar-refractivity contribution in [1.29, 1.82) is 0 Å². The minimum absolute atomic E-state index is 0.574. The van der Waals surface area contributed by atoms with Gasteiger partial charge in [0, 0.05) is 18.8 Å². The standard InChI is InChI=1S/C11H23N/c1-9(2)7-8-11(5)12(6)10(3)4/h9-10H,5,7-8H2,1-4,6H3. The van der Waals surface area contributed by atoms with Crippen LogP contribution in [-0.4, -0.2) is 18.0 Å². The van der Waals surface area contributed by atoms with Gasteiger partial charge in [0.05, 0.1) is 0 Å². The van der Waals surface area contributed by atoms with Gasteiger partial charge in [0.15, 0.2) is 0 Å². The van der Waals surface area contributed by atoms with Crippen molar-refractivity contribution < 1.29 is 0 Å². The molecule has 0 saturated carbocycles. The van der Waals surface area contributed by atoms with Gasteiger partial charge in [0.2, 0.25) is 0 Å². The Morgan fingerprint density at radius 3 is 2.08 bits per heavy atom. The number of hydrogen-bond donors (Lipinski definition) is 0. The monoisotopic (exact) mass is 169 g/mol. The van der Waals surface area contributed by atoms with Gasteiger partial charge < -0.3 is 4.90 Å². The minimum Gasteiger partial charge on any atom is -0.376 e. The van der Waals surface area contributed by atoms with E-state index >= 15 is 0 Å². The van der Waals surface area contributed by atoms with Crippen LogP contribution >= 0.6 is 0 Å². The Labute approximate surface area is 77.5 Å². The summed E-state index contributed by atoms with van der Waals surface area (Å²) in [5.74, 6) is 0.780. The number of rotatable bonds is 5. The highest BCUT2D eigenvalue weighted by Gasteiger charge is 2.05. The molecule has 0 aliphatic heterocycles. The van der Waals surface area contributed by atoms with Gasteiger partial charge in [-0.2, -0.15) is 0 Å². The molecule has 0 aromatic carbocycles. The molecule has 0 atom stereocenters. The topological polar surface area (TPSA) is 3.24 Å². The molecule has 0 aliphatic rings. The molecular formula is C11H23N. The molecule has 0 bridgehead atoms. The fourth-order valence-corrected chi connectivity index (χ4v) is 0.997. The molecule has 0 aromatic heterocycles. The van der Waals surface area contributed by atoms with Crippen LogP contribution in [0, 0.1) is 5.92 Å². The predicted molar refractivity (Wildman–Crippen MR) is 56.1 cm³/mol. The van der Waals surface area contributed by atoms with Crippen molar-refractivity contribution in [3.63, 3.8) is 0 Å². The molecule has 12 heavy (non-hydrogen) atoms. The molecule has 0 amide bonds. The minimum atomic E-state index is 0.574. The van der Waals surface area contributed by atoms with Gasteiger partial charge in [0.25, 0.3) is 0 Å². The fraction of sp³-hybridized carbons (Fsp3) is 0.818. The van der Waals surface area contributed by atoms with Crippen LogP contribution in [0.3, 0.4) is 0 Å². The van der Waals surface area contributed by atoms with Gasteiger partial charge in [-0.3, -0.25) is 0 Å². The van der Waals surface area contributed by atoms with Crippen LogP contribution < -0.4 is 0 Å². The van der Waals surface area contributed by atoms with Crippen molar-refractivity contribution in [2.45, 2.75) is 46.6 Å². The van der Waals surface area contributed by atoms with Crippen LogP contribution in [-0.2, 0) is 0 Å². The molecule has 0 heterocycles. The van der Waals surface area contributed by atoms with Crippen LogP contribution in [0.15, 0.2) is 12.3 Å². The van der Waals surface area contributed by atoms with E-state index in [4.69, 9.17) is 0 Å². The van der Waals surface area contributed by atoms with Crippen LogP contribution in [0.4, 0.5) is 0 Å². The number of nitrogens with zero attached hydrogens (tertiary/aromatic N) is 1. The van der Waals surface area contributed by atoms with Crippen molar-refractivity contribution in [3.8, 4) is 0 Å². The molecule has 0 unspecified atom stereocenters. The normalized spacial score (nSPS) is 10.9. The third-order valence-electron chi connectivity index (χ3n) is 2.28. The van der Waals surface area contributed by atoms with E-state index in [0.29, 0.717) is 6.04 Å². The molecule has 0 fully saturated rings. The molecule has 0 radical (unpaired) electrons. The van der Waals surface area contributed by atoms with E-state index in [1.165, 1.54) is 12.1 Å². The van der Waals surface area contributed by atoms with E-state index in [2.05, 4.69) is 46.2 Å². The third kappa shape index (κ3) is 4.42. The van der Waals surface area contributed by atoms with Crippen molar-refractivity contribution in [3.05, 3.63) is 12.3 Å². The zero-order valence-corrected chi connectivity index (χ0v) is 9.22. The number of hydrogen-bond acceptors (Lipinski definition) is 1. The van der Waals surface area contributed by atoms with Crippen molar-refractivity contribution in [1.82, 2.24) is 4.90 Å². The summed E-state index contributed by atoms with van der Waals surface area (Å²) >= 11 is 0. The zero-order chi connectivity index (χ0) is 9.72. The zero-order valence-electron chi connectivity index (χ0n) is 9.22. The maximum absolute atomic E-state index is 4.07. The summed E-state index contributed by atoms with van der Waals surface area (Å²) < 4.78 is 0.